The molecule has 190 valence electrons. The van der Waals surface area contributed by atoms with E-state index in [1.165, 1.54) is 13.0 Å². The zero-order valence-electron chi connectivity index (χ0n) is 21.7. The third kappa shape index (κ3) is 5.27. The van der Waals surface area contributed by atoms with Crippen LogP contribution >= 0.6 is 0 Å². The van der Waals surface area contributed by atoms with E-state index in [0.29, 0.717) is 6.29 Å². The Morgan fingerprint density at radius 2 is 1.56 bits per heavy atom. The topological polar surface area (TPSA) is 78.9 Å². The second kappa shape index (κ2) is 11.2. The summed E-state index contributed by atoms with van der Waals surface area (Å²) in [5, 5.41) is 1.80. The van der Waals surface area contributed by atoms with Gasteiger partial charge >= 0.3 is 5.97 Å². The first kappa shape index (κ1) is 27.3. The zero-order chi connectivity index (χ0) is 26.5. The summed E-state index contributed by atoms with van der Waals surface area (Å²) in [6, 6.07) is 20.2. The Kier molecular flexibility index (Phi) is 8.48. The molecule has 7 heteroatoms. The quantitative estimate of drug-likeness (QED) is 0.292. The van der Waals surface area contributed by atoms with E-state index in [2.05, 4.69) is 45.0 Å². The number of hydrogen-bond acceptors (Lipinski definition) is 6. The lowest BCUT2D eigenvalue weighted by Gasteiger charge is -2.46. The Bertz CT molecular complexity index is 1120. The van der Waals surface area contributed by atoms with Crippen molar-refractivity contribution in [1.82, 2.24) is 0 Å². The maximum Gasteiger partial charge on any atom is 0.338 e. The third-order valence-corrected chi connectivity index (χ3v) is 11.5. The fraction of sp³-hybridized carbons (Fsp3) is 0.345. The standard InChI is InChI=1S/C29H34O6Si/c1-7-33-28(32)26-25(20(2)31)18-22(19-30)34-27(26)21(3)35-36(29(4,5)6,23-14-10-8-11-15-23)24-16-12-9-13-17-24/h8-19,21,27H,7H2,1-6H3/t21-,27?/m0/s1. The molecule has 0 aliphatic carbocycles. The van der Waals surface area contributed by atoms with Crippen LogP contribution in [0.4, 0.5) is 0 Å². The van der Waals surface area contributed by atoms with Crippen molar-refractivity contribution in [2.24, 2.45) is 0 Å². The van der Waals surface area contributed by atoms with Gasteiger partial charge in [-0.2, -0.15) is 0 Å². The highest BCUT2D eigenvalue weighted by Crippen LogP contribution is 2.39. The fourth-order valence-corrected chi connectivity index (χ4v) is 9.46. The van der Waals surface area contributed by atoms with Crippen LogP contribution in [0.1, 0.15) is 41.5 Å². The molecule has 0 spiro atoms. The second-order valence-corrected chi connectivity index (χ2v) is 14.0. The molecule has 2 aromatic rings. The van der Waals surface area contributed by atoms with Gasteiger partial charge in [-0.15, -0.1) is 0 Å². The third-order valence-electron chi connectivity index (χ3n) is 6.32. The summed E-state index contributed by atoms with van der Waals surface area (Å²) >= 11 is 0. The Hall–Kier alpha value is -3.29. The van der Waals surface area contributed by atoms with E-state index in [-0.39, 0.29) is 34.3 Å². The van der Waals surface area contributed by atoms with Crippen molar-refractivity contribution in [3.05, 3.63) is 83.6 Å². The molecule has 1 aliphatic rings. The number of allylic oxidation sites excluding steroid dienone is 3. The van der Waals surface area contributed by atoms with Gasteiger partial charge in [0.05, 0.1) is 18.3 Å². The van der Waals surface area contributed by atoms with E-state index in [1.807, 2.05) is 43.3 Å². The number of carbonyl (C=O) groups excluding carboxylic acids is 3. The molecule has 2 atom stereocenters. The summed E-state index contributed by atoms with van der Waals surface area (Å²) in [5.41, 5.74) is 0.171. The van der Waals surface area contributed by atoms with E-state index < -0.39 is 26.5 Å². The lowest BCUT2D eigenvalue weighted by atomic mass is 9.94. The summed E-state index contributed by atoms with van der Waals surface area (Å²) in [5.74, 6) is -1.05. The maximum absolute atomic E-state index is 13.1. The van der Waals surface area contributed by atoms with Gasteiger partial charge in [-0.3, -0.25) is 9.59 Å². The molecular weight excluding hydrogens is 472 g/mol. The minimum absolute atomic E-state index is 0.0313. The van der Waals surface area contributed by atoms with Crippen molar-refractivity contribution >= 4 is 36.7 Å². The van der Waals surface area contributed by atoms with E-state index in [9.17, 15) is 14.4 Å². The number of esters is 1. The van der Waals surface area contributed by atoms with Gasteiger partial charge in [0, 0.05) is 5.57 Å². The Morgan fingerprint density at radius 3 is 1.97 bits per heavy atom. The molecule has 0 amide bonds. The molecule has 0 bridgehead atoms. The summed E-state index contributed by atoms with van der Waals surface area (Å²) in [4.78, 5) is 37.3. The van der Waals surface area contributed by atoms with Crippen LogP contribution in [-0.2, 0) is 28.3 Å². The van der Waals surface area contributed by atoms with Crippen LogP contribution in [0.5, 0.6) is 0 Å². The fourth-order valence-electron chi connectivity index (χ4n) is 4.76. The number of ether oxygens (including phenoxy) is 2. The van der Waals surface area contributed by atoms with Crippen molar-refractivity contribution in [1.29, 1.82) is 0 Å². The summed E-state index contributed by atoms with van der Waals surface area (Å²) in [7, 11) is -3.01. The summed E-state index contributed by atoms with van der Waals surface area (Å²) < 4.78 is 18.4. The monoisotopic (exact) mass is 506 g/mol. The van der Waals surface area contributed by atoms with Crippen LogP contribution in [-0.4, -0.2) is 45.2 Å². The van der Waals surface area contributed by atoms with Crippen molar-refractivity contribution in [2.75, 3.05) is 6.61 Å². The molecule has 36 heavy (non-hydrogen) atoms. The second-order valence-electron chi connectivity index (χ2n) is 9.79. The highest BCUT2D eigenvalue weighted by Gasteiger charge is 2.52. The highest BCUT2D eigenvalue weighted by molar-refractivity contribution is 6.99. The van der Waals surface area contributed by atoms with Crippen molar-refractivity contribution in [3.63, 3.8) is 0 Å². The van der Waals surface area contributed by atoms with E-state index >= 15 is 0 Å². The van der Waals surface area contributed by atoms with Crippen LogP contribution in [0, 0.1) is 0 Å². The number of aldehydes is 1. The molecule has 0 saturated heterocycles. The van der Waals surface area contributed by atoms with Crippen LogP contribution in [0.25, 0.3) is 0 Å². The Morgan fingerprint density at radius 1 is 1.03 bits per heavy atom. The normalized spacial score (nSPS) is 17.1. The number of benzene rings is 2. The van der Waals surface area contributed by atoms with Crippen LogP contribution in [0.2, 0.25) is 5.04 Å². The minimum atomic E-state index is -3.01. The van der Waals surface area contributed by atoms with E-state index in [0.717, 1.165) is 10.4 Å². The lowest BCUT2D eigenvalue weighted by Crippen LogP contribution is -2.68. The smallest absolute Gasteiger partial charge is 0.338 e. The number of rotatable bonds is 9. The first-order valence-electron chi connectivity index (χ1n) is 12.1. The van der Waals surface area contributed by atoms with Gasteiger partial charge in [0.1, 0.15) is 0 Å². The molecule has 2 aromatic carbocycles. The number of Topliss-reactive ketones (excluding diaryl/α,β-unsaturated/α-hetero) is 1. The molecule has 0 N–H and O–H groups in total. The SMILES string of the molecule is CCOC(=O)C1=C(C(C)=O)C=C(C=O)OC1[C@H](C)O[Si](c1ccccc1)(c1ccccc1)C(C)(C)C. The number of hydrogen-bond donors (Lipinski definition) is 0. The van der Waals surface area contributed by atoms with Crippen molar-refractivity contribution < 1.29 is 28.3 Å². The van der Waals surface area contributed by atoms with Gasteiger partial charge in [0.25, 0.3) is 8.32 Å². The maximum atomic E-state index is 13.1. The molecule has 6 nitrogen and oxygen atoms in total. The number of carbonyl (C=O) groups is 3. The molecule has 1 unspecified atom stereocenters. The van der Waals surface area contributed by atoms with Crippen LogP contribution < -0.4 is 10.4 Å². The molecule has 3 rings (SSSR count). The van der Waals surface area contributed by atoms with Crippen molar-refractivity contribution in [2.45, 2.75) is 58.8 Å². The average Bonchev–Trinajstić information content (AvgIpc) is 2.86. The molecule has 1 heterocycles. The highest BCUT2D eigenvalue weighted by atomic mass is 28.4. The molecule has 0 saturated carbocycles. The number of ketones is 1. The average molecular weight is 507 g/mol. The predicted octanol–water partition coefficient (Wildman–Crippen LogP) is 3.88. The largest absolute Gasteiger partial charge is 0.479 e. The molecule has 0 aromatic heterocycles. The minimum Gasteiger partial charge on any atom is -0.479 e. The predicted molar refractivity (Wildman–Crippen MR) is 142 cm³/mol. The van der Waals surface area contributed by atoms with Crippen LogP contribution in [0.15, 0.2) is 83.6 Å². The first-order valence-corrected chi connectivity index (χ1v) is 14.0. The molecular formula is C29H34O6Si. The van der Waals surface area contributed by atoms with Crippen molar-refractivity contribution in [3.8, 4) is 0 Å². The van der Waals surface area contributed by atoms with Crippen LogP contribution in [0.3, 0.4) is 0 Å². The Labute approximate surface area is 214 Å². The Balaban J connectivity index is 2.21. The first-order chi connectivity index (χ1) is 17.1. The van der Waals surface area contributed by atoms with Gasteiger partial charge in [-0.05, 0) is 42.3 Å². The molecule has 0 fully saturated rings. The molecule has 0 radical (unpaired) electrons. The lowest BCUT2D eigenvalue weighted by molar-refractivity contribution is -0.141. The van der Waals surface area contributed by atoms with Gasteiger partial charge in [0.2, 0.25) is 0 Å². The van der Waals surface area contributed by atoms with E-state index in [1.54, 1.807) is 6.92 Å². The van der Waals surface area contributed by atoms with E-state index in [4.69, 9.17) is 13.9 Å². The molecule has 1 aliphatic heterocycles. The summed E-state index contributed by atoms with van der Waals surface area (Å²) in [6.07, 6.45) is 0.129. The van der Waals surface area contributed by atoms with Gasteiger partial charge in [-0.1, -0.05) is 81.4 Å². The summed E-state index contributed by atoms with van der Waals surface area (Å²) in [6.45, 7) is 11.4. The van der Waals surface area contributed by atoms with Gasteiger partial charge < -0.3 is 13.9 Å². The van der Waals surface area contributed by atoms with Gasteiger partial charge in [0.15, 0.2) is 23.9 Å². The zero-order valence-corrected chi connectivity index (χ0v) is 22.7. The van der Waals surface area contributed by atoms with Gasteiger partial charge in [-0.25, -0.2) is 4.79 Å².